The molecule has 1 heterocycles. The molecule has 0 aliphatic carbocycles. The lowest BCUT2D eigenvalue weighted by Crippen LogP contribution is -2.21. The molecule has 0 spiro atoms. The van der Waals surface area contributed by atoms with Crippen LogP contribution in [-0.2, 0) is 6.54 Å². The van der Waals surface area contributed by atoms with Crippen molar-refractivity contribution in [1.29, 1.82) is 0 Å². The number of likely N-dealkylation sites (N-methyl/N-ethyl adjacent to an activating group) is 1. The fourth-order valence-corrected chi connectivity index (χ4v) is 1.76. The van der Waals surface area contributed by atoms with E-state index in [2.05, 4.69) is 54.7 Å². The Hall–Kier alpha value is -1.35. The van der Waals surface area contributed by atoms with Crippen molar-refractivity contribution in [2.24, 2.45) is 5.92 Å². The molecule has 0 bridgehead atoms. The molecule has 0 atom stereocenters. The molecular formula is C15H25N3. The standard InChI is InChI=1S/C15H25N3/c1-6-9-18(5)15-8-7-14(13(4)17-15)11-16-10-12(2)3/h6-8,12,16H,1,9-11H2,2-5H3. The summed E-state index contributed by atoms with van der Waals surface area (Å²) < 4.78 is 0. The van der Waals surface area contributed by atoms with Gasteiger partial charge in [-0.25, -0.2) is 4.98 Å². The zero-order valence-electron chi connectivity index (χ0n) is 12.0. The Balaban J connectivity index is 2.64. The summed E-state index contributed by atoms with van der Waals surface area (Å²) in [7, 11) is 2.03. The van der Waals surface area contributed by atoms with Gasteiger partial charge in [0.2, 0.25) is 0 Å². The van der Waals surface area contributed by atoms with E-state index in [1.54, 1.807) is 0 Å². The molecule has 1 aromatic rings. The van der Waals surface area contributed by atoms with Gasteiger partial charge in [-0.2, -0.15) is 0 Å². The normalized spacial score (nSPS) is 10.7. The van der Waals surface area contributed by atoms with Crippen LogP contribution in [0.3, 0.4) is 0 Å². The van der Waals surface area contributed by atoms with Gasteiger partial charge >= 0.3 is 0 Å². The predicted molar refractivity (Wildman–Crippen MR) is 79.0 cm³/mol. The number of hydrogen-bond acceptors (Lipinski definition) is 3. The first-order valence-corrected chi connectivity index (χ1v) is 6.54. The SMILES string of the molecule is C=CCN(C)c1ccc(CNCC(C)C)c(C)n1. The van der Waals surface area contributed by atoms with E-state index in [4.69, 9.17) is 0 Å². The number of anilines is 1. The van der Waals surface area contributed by atoms with Gasteiger partial charge in [-0.3, -0.25) is 0 Å². The Morgan fingerprint density at radius 1 is 1.44 bits per heavy atom. The van der Waals surface area contributed by atoms with E-state index in [-0.39, 0.29) is 0 Å². The number of hydrogen-bond donors (Lipinski definition) is 1. The lowest BCUT2D eigenvalue weighted by molar-refractivity contribution is 0.551. The molecular weight excluding hydrogens is 222 g/mol. The number of nitrogens with one attached hydrogen (secondary N) is 1. The summed E-state index contributed by atoms with van der Waals surface area (Å²) in [4.78, 5) is 6.72. The molecule has 0 saturated heterocycles. The van der Waals surface area contributed by atoms with Crippen molar-refractivity contribution in [1.82, 2.24) is 10.3 Å². The minimum Gasteiger partial charge on any atom is -0.356 e. The summed E-state index contributed by atoms with van der Waals surface area (Å²) >= 11 is 0. The van der Waals surface area contributed by atoms with Crippen LogP contribution in [0.2, 0.25) is 0 Å². The molecule has 1 N–H and O–H groups in total. The summed E-state index contributed by atoms with van der Waals surface area (Å²) in [5.74, 6) is 1.68. The molecule has 3 heteroatoms. The van der Waals surface area contributed by atoms with Crippen molar-refractivity contribution in [2.75, 3.05) is 25.0 Å². The molecule has 3 nitrogen and oxygen atoms in total. The highest BCUT2D eigenvalue weighted by Crippen LogP contribution is 2.13. The number of pyridine rings is 1. The monoisotopic (exact) mass is 247 g/mol. The summed E-state index contributed by atoms with van der Waals surface area (Å²) in [6.07, 6.45) is 1.88. The summed E-state index contributed by atoms with van der Waals surface area (Å²) in [6.45, 7) is 13.0. The lowest BCUT2D eigenvalue weighted by Gasteiger charge is -2.17. The highest BCUT2D eigenvalue weighted by Gasteiger charge is 2.05. The Morgan fingerprint density at radius 2 is 2.17 bits per heavy atom. The zero-order chi connectivity index (χ0) is 13.5. The van der Waals surface area contributed by atoms with Crippen LogP contribution in [0.4, 0.5) is 5.82 Å². The molecule has 0 amide bonds. The van der Waals surface area contributed by atoms with Crippen molar-refractivity contribution in [3.8, 4) is 0 Å². The number of rotatable bonds is 7. The largest absolute Gasteiger partial charge is 0.356 e. The van der Waals surface area contributed by atoms with Crippen LogP contribution in [0.1, 0.15) is 25.1 Å². The van der Waals surface area contributed by atoms with Crippen molar-refractivity contribution in [3.05, 3.63) is 36.0 Å². The minimum atomic E-state index is 0.677. The van der Waals surface area contributed by atoms with E-state index in [0.717, 1.165) is 31.1 Å². The van der Waals surface area contributed by atoms with Gasteiger partial charge in [0.1, 0.15) is 5.82 Å². The number of nitrogens with zero attached hydrogens (tertiary/aromatic N) is 2. The third-order valence-electron chi connectivity index (χ3n) is 2.84. The van der Waals surface area contributed by atoms with Crippen LogP contribution in [0, 0.1) is 12.8 Å². The van der Waals surface area contributed by atoms with E-state index in [1.807, 2.05) is 13.1 Å². The van der Waals surface area contributed by atoms with Crippen LogP contribution in [0.25, 0.3) is 0 Å². The van der Waals surface area contributed by atoms with Crippen molar-refractivity contribution in [2.45, 2.75) is 27.3 Å². The van der Waals surface area contributed by atoms with Gasteiger partial charge < -0.3 is 10.2 Å². The molecule has 1 rings (SSSR count). The van der Waals surface area contributed by atoms with Crippen molar-refractivity contribution in [3.63, 3.8) is 0 Å². The van der Waals surface area contributed by atoms with Crippen LogP contribution >= 0.6 is 0 Å². The molecule has 0 radical (unpaired) electrons. The predicted octanol–water partition coefficient (Wildman–Crippen LogP) is 2.76. The van der Waals surface area contributed by atoms with Gasteiger partial charge in [-0.15, -0.1) is 6.58 Å². The minimum absolute atomic E-state index is 0.677. The van der Waals surface area contributed by atoms with Crippen LogP contribution in [0.5, 0.6) is 0 Å². The maximum absolute atomic E-state index is 4.63. The second-order valence-electron chi connectivity index (χ2n) is 5.11. The summed E-state index contributed by atoms with van der Waals surface area (Å²) in [5, 5.41) is 3.45. The first-order chi connectivity index (χ1) is 8.54. The van der Waals surface area contributed by atoms with Crippen molar-refractivity contribution >= 4 is 5.82 Å². The highest BCUT2D eigenvalue weighted by molar-refractivity contribution is 5.41. The third kappa shape index (κ3) is 4.49. The average molecular weight is 247 g/mol. The molecule has 0 fully saturated rings. The van der Waals surface area contributed by atoms with Crippen LogP contribution < -0.4 is 10.2 Å². The molecule has 0 aromatic carbocycles. The first kappa shape index (κ1) is 14.7. The van der Waals surface area contributed by atoms with E-state index in [9.17, 15) is 0 Å². The fourth-order valence-electron chi connectivity index (χ4n) is 1.76. The Labute approximate surface area is 111 Å². The average Bonchev–Trinajstić information content (AvgIpc) is 2.31. The van der Waals surface area contributed by atoms with E-state index in [1.165, 1.54) is 5.56 Å². The Kier molecular flexibility index (Phi) is 5.86. The molecule has 0 saturated carbocycles. The highest BCUT2D eigenvalue weighted by atomic mass is 15.2. The molecule has 0 aliphatic heterocycles. The molecule has 0 aliphatic rings. The number of aromatic nitrogens is 1. The maximum Gasteiger partial charge on any atom is 0.128 e. The van der Waals surface area contributed by atoms with Crippen LogP contribution in [-0.4, -0.2) is 25.1 Å². The van der Waals surface area contributed by atoms with Gasteiger partial charge in [0.05, 0.1) is 0 Å². The fraction of sp³-hybridized carbons (Fsp3) is 0.533. The second-order valence-corrected chi connectivity index (χ2v) is 5.11. The van der Waals surface area contributed by atoms with Gasteiger partial charge in [0.25, 0.3) is 0 Å². The summed E-state index contributed by atoms with van der Waals surface area (Å²) in [5.41, 5.74) is 2.37. The first-order valence-electron chi connectivity index (χ1n) is 6.54. The summed E-state index contributed by atoms with van der Waals surface area (Å²) in [6, 6.07) is 4.23. The smallest absolute Gasteiger partial charge is 0.128 e. The molecule has 0 unspecified atom stereocenters. The van der Waals surface area contributed by atoms with E-state index in [0.29, 0.717) is 5.92 Å². The van der Waals surface area contributed by atoms with E-state index < -0.39 is 0 Å². The molecule has 100 valence electrons. The van der Waals surface area contributed by atoms with E-state index >= 15 is 0 Å². The van der Waals surface area contributed by atoms with Gasteiger partial charge in [-0.05, 0) is 31.0 Å². The van der Waals surface area contributed by atoms with Gasteiger partial charge in [-0.1, -0.05) is 26.0 Å². The Morgan fingerprint density at radius 3 is 2.72 bits per heavy atom. The molecule has 1 aromatic heterocycles. The Bertz CT molecular complexity index is 385. The van der Waals surface area contributed by atoms with Crippen molar-refractivity contribution < 1.29 is 0 Å². The quantitative estimate of drug-likeness (QED) is 0.751. The van der Waals surface area contributed by atoms with Gasteiger partial charge in [0, 0.05) is 25.8 Å². The maximum atomic E-state index is 4.63. The third-order valence-corrected chi connectivity index (χ3v) is 2.84. The van der Waals surface area contributed by atoms with Gasteiger partial charge in [0.15, 0.2) is 0 Å². The molecule has 18 heavy (non-hydrogen) atoms. The lowest BCUT2D eigenvalue weighted by atomic mass is 10.2. The topological polar surface area (TPSA) is 28.2 Å². The zero-order valence-corrected chi connectivity index (χ0v) is 12.0. The number of aryl methyl sites for hydroxylation is 1. The van der Waals surface area contributed by atoms with Crippen LogP contribution in [0.15, 0.2) is 24.8 Å². The second kappa shape index (κ2) is 7.17.